The van der Waals surface area contributed by atoms with E-state index in [2.05, 4.69) is 4.98 Å². The Morgan fingerprint density at radius 2 is 2.04 bits per heavy atom. The number of carbonyl (C=O) groups excluding carboxylic acids is 1. The van der Waals surface area contributed by atoms with Gasteiger partial charge in [-0.05, 0) is 30.3 Å². The lowest BCUT2D eigenvalue weighted by atomic mass is 10.1. The molecule has 1 aliphatic rings. The summed E-state index contributed by atoms with van der Waals surface area (Å²) in [6.45, 7) is 0.0908. The Morgan fingerprint density at radius 3 is 2.85 bits per heavy atom. The lowest BCUT2D eigenvalue weighted by Crippen LogP contribution is -2.37. The molecule has 1 aromatic heterocycles. The standard InChI is InChI=1S/C20H16ClNO5/c1-24-14-7-6-12-8-13(19(21)22-15(12)9-14)10-26-20(23)18-11-25-16-4-2-3-5-17(16)27-18/h2-9,18H,10-11H2,1H3/t18-/m1/s1. The molecular formula is C20H16ClNO5. The average Bonchev–Trinajstić information content (AvgIpc) is 2.71. The third-order valence-corrected chi connectivity index (χ3v) is 4.52. The maximum absolute atomic E-state index is 12.3. The van der Waals surface area contributed by atoms with Crippen LogP contribution in [0.15, 0.2) is 48.5 Å². The predicted octanol–water partition coefficient (Wildman–Crippen LogP) is 3.78. The van der Waals surface area contributed by atoms with Crippen LogP contribution in [-0.2, 0) is 16.1 Å². The Bertz CT molecular complexity index is 1010. The van der Waals surface area contributed by atoms with Crippen molar-refractivity contribution in [3.63, 3.8) is 0 Å². The van der Waals surface area contributed by atoms with Crippen molar-refractivity contribution < 1.29 is 23.7 Å². The largest absolute Gasteiger partial charge is 0.497 e. The van der Waals surface area contributed by atoms with Crippen LogP contribution in [0, 0.1) is 0 Å². The first-order valence-corrected chi connectivity index (χ1v) is 8.70. The minimum Gasteiger partial charge on any atom is -0.497 e. The van der Waals surface area contributed by atoms with E-state index in [9.17, 15) is 4.79 Å². The molecule has 0 amide bonds. The third kappa shape index (κ3) is 3.61. The molecule has 0 N–H and O–H groups in total. The second-order valence-electron chi connectivity index (χ2n) is 5.97. The van der Waals surface area contributed by atoms with Gasteiger partial charge in [-0.15, -0.1) is 0 Å². The molecule has 0 spiro atoms. The highest BCUT2D eigenvalue weighted by molar-refractivity contribution is 6.30. The molecule has 2 heterocycles. The number of halogens is 1. The van der Waals surface area contributed by atoms with Gasteiger partial charge in [-0.25, -0.2) is 9.78 Å². The van der Waals surface area contributed by atoms with Gasteiger partial charge in [0, 0.05) is 17.0 Å². The van der Waals surface area contributed by atoms with E-state index in [1.807, 2.05) is 30.3 Å². The summed E-state index contributed by atoms with van der Waals surface area (Å²) in [5.74, 6) is 1.30. The second-order valence-corrected chi connectivity index (χ2v) is 6.33. The molecule has 0 aliphatic carbocycles. The van der Waals surface area contributed by atoms with Crippen LogP contribution in [0.5, 0.6) is 17.2 Å². The number of pyridine rings is 1. The van der Waals surface area contributed by atoms with Crippen molar-refractivity contribution in [1.29, 1.82) is 0 Å². The minimum atomic E-state index is -0.823. The van der Waals surface area contributed by atoms with Gasteiger partial charge < -0.3 is 18.9 Å². The first-order valence-electron chi connectivity index (χ1n) is 8.32. The fraction of sp³-hybridized carbons (Fsp3) is 0.200. The number of hydrogen-bond acceptors (Lipinski definition) is 6. The normalized spacial score (nSPS) is 15.4. The maximum Gasteiger partial charge on any atom is 0.351 e. The van der Waals surface area contributed by atoms with Gasteiger partial charge in [0.05, 0.1) is 12.6 Å². The first kappa shape index (κ1) is 17.4. The fourth-order valence-electron chi connectivity index (χ4n) is 2.77. The monoisotopic (exact) mass is 385 g/mol. The molecule has 7 heteroatoms. The molecule has 0 saturated carbocycles. The molecular weight excluding hydrogens is 370 g/mol. The molecule has 1 aliphatic heterocycles. The lowest BCUT2D eigenvalue weighted by molar-refractivity contribution is -0.155. The number of para-hydroxylation sites is 2. The molecule has 138 valence electrons. The highest BCUT2D eigenvalue weighted by Crippen LogP contribution is 2.31. The van der Waals surface area contributed by atoms with Gasteiger partial charge >= 0.3 is 5.97 Å². The van der Waals surface area contributed by atoms with Gasteiger partial charge in [-0.3, -0.25) is 0 Å². The molecule has 6 nitrogen and oxygen atoms in total. The lowest BCUT2D eigenvalue weighted by Gasteiger charge is -2.25. The molecule has 2 aromatic carbocycles. The quantitative estimate of drug-likeness (QED) is 0.503. The van der Waals surface area contributed by atoms with Crippen LogP contribution >= 0.6 is 11.6 Å². The van der Waals surface area contributed by atoms with Crippen molar-refractivity contribution in [2.75, 3.05) is 13.7 Å². The van der Waals surface area contributed by atoms with Gasteiger partial charge in [0.15, 0.2) is 11.5 Å². The Morgan fingerprint density at radius 1 is 1.22 bits per heavy atom. The van der Waals surface area contributed by atoms with Crippen LogP contribution in [0.4, 0.5) is 0 Å². The zero-order valence-corrected chi connectivity index (χ0v) is 15.2. The molecule has 27 heavy (non-hydrogen) atoms. The van der Waals surface area contributed by atoms with E-state index >= 15 is 0 Å². The summed E-state index contributed by atoms with van der Waals surface area (Å²) in [5.41, 5.74) is 1.31. The smallest absolute Gasteiger partial charge is 0.351 e. The van der Waals surface area contributed by atoms with E-state index < -0.39 is 12.1 Å². The summed E-state index contributed by atoms with van der Waals surface area (Å²) >= 11 is 6.24. The van der Waals surface area contributed by atoms with Crippen molar-refractivity contribution in [1.82, 2.24) is 4.98 Å². The van der Waals surface area contributed by atoms with Crippen molar-refractivity contribution in [3.05, 3.63) is 59.2 Å². The van der Waals surface area contributed by atoms with Crippen LogP contribution < -0.4 is 14.2 Å². The summed E-state index contributed by atoms with van der Waals surface area (Å²) < 4.78 is 21.7. The van der Waals surface area contributed by atoms with Crippen LogP contribution in [0.2, 0.25) is 5.15 Å². The zero-order chi connectivity index (χ0) is 18.8. The molecule has 0 radical (unpaired) electrons. The minimum absolute atomic E-state index is 0.00581. The SMILES string of the molecule is COc1ccc2cc(COC(=O)[C@H]3COc4ccccc4O3)c(Cl)nc2c1. The van der Waals surface area contributed by atoms with E-state index in [1.54, 1.807) is 25.3 Å². The molecule has 3 aromatic rings. The molecule has 0 bridgehead atoms. The highest BCUT2D eigenvalue weighted by Gasteiger charge is 2.28. The van der Waals surface area contributed by atoms with Crippen LogP contribution in [-0.4, -0.2) is 30.8 Å². The number of rotatable bonds is 4. The number of carbonyl (C=O) groups is 1. The predicted molar refractivity (Wildman–Crippen MR) is 99.5 cm³/mol. The van der Waals surface area contributed by atoms with Gasteiger partial charge in [-0.1, -0.05) is 23.7 Å². The van der Waals surface area contributed by atoms with Crippen LogP contribution in [0.3, 0.4) is 0 Å². The van der Waals surface area contributed by atoms with Gasteiger partial charge in [-0.2, -0.15) is 0 Å². The van der Waals surface area contributed by atoms with E-state index in [1.165, 1.54) is 0 Å². The van der Waals surface area contributed by atoms with E-state index in [0.29, 0.717) is 28.3 Å². The number of hydrogen-bond donors (Lipinski definition) is 0. The van der Waals surface area contributed by atoms with E-state index in [0.717, 1.165) is 5.39 Å². The zero-order valence-electron chi connectivity index (χ0n) is 14.5. The van der Waals surface area contributed by atoms with Crippen molar-refractivity contribution >= 4 is 28.5 Å². The summed E-state index contributed by atoms with van der Waals surface area (Å²) in [7, 11) is 1.59. The first-order chi connectivity index (χ1) is 13.1. The van der Waals surface area contributed by atoms with Gasteiger partial charge in [0.1, 0.15) is 24.1 Å². The average molecular weight is 386 g/mol. The molecule has 0 fully saturated rings. The second kappa shape index (κ2) is 7.32. The third-order valence-electron chi connectivity index (χ3n) is 4.19. The number of aromatic nitrogens is 1. The Balaban J connectivity index is 1.45. The van der Waals surface area contributed by atoms with E-state index in [-0.39, 0.29) is 18.4 Å². The Hall–Kier alpha value is -2.99. The Kier molecular flexibility index (Phi) is 4.73. The van der Waals surface area contributed by atoms with Gasteiger partial charge in [0.2, 0.25) is 6.10 Å². The van der Waals surface area contributed by atoms with Crippen LogP contribution in [0.25, 0.3) is 10.9 Å². The number of ether oxygens (including phenoxy) is 4. The number of nitrogens with zero attached hydrogens (tertiary/aromatic N) is 1. The number of methoxy groups -OCH3 is 1. The number of esters is 1. The van der Waals surface area contributed by atoms with Crippen molar-refractivity contribution in [3.8, 4) is 17.2 Å². The summed E-state index contributed by atoms with van der Waals surface area (Å²) in [4.78, 5) is 16.7. The number of fused-ring (bicyclic) bond motifs is 2. The molecule has 0 saturated heterocycles. The van der Waals surface area contributed by atoms with Crippen molar-refractivity contribution in [2.24, 2.45) is 0 Å². The topological polar surface area (TPSA) is 66.9 Å². The molecule has 1 atom stereocenters. The summed E-state index contributed by atoms with van der Waals surface area (Å²) in [6.07, 6.45) is -0.823. The molecule has 4 rings (SSSR count). The van der Waals surface area contributed by atoms with Crippen molar-refractivity contribution in [2.45, 2.75) is 12.7 Å². The fourth-order valence-corrected chi connectivity index (χ4v) is 2.97. The van der Waals surface area contributed by atoms with Crippen LogP contribution in [0.1, 0.15) is 5.56 Å². The Labute approximate surface area is 160 Å². The summed E-state index contributed by atoms with van der Waals surface area (Å²) in [6, 6.07) is 14.5. The maximum atomic E-state index is 12.3. The molecule has 0 unspecified atom stereocenters. The van der Waals surface area contributed by atoms with E-state index in [4.69, 9.17) is 30.5 Å². The number of benzene rings is 2. The van der Waals surface area contributed by atoms with Gasteiger partial charge in [0.25, 0.3) is 0 Å². The summed E-state index contributed by atoms with van der Waals surface area (Å²) in [5, 5.41) is 1.15. The highest BCUT2D eigenvalue weighted by atomic mass is 35.5.